The molecule has 4 aromatic rings. The van der Waals surface area contributed by atoms with Gasteiger partial charge in [-0.1, -0.05) is 18.2 Å². The molecule has 7 nitrogen and oxygen atoms in total. The molecular formula is C20H21N5O2. The summed E-state index contributed by atoms with van der Waals surface area (Å²) in [5, 5.41) is 9.71. The highest BCUT2D eigenvalue weighted by atomic mass is 16.5. The lowest BCUT2D eigenvalue weighted by atomic mass is 10.1. The van der Waals surface area contributed by atoms with E-state index in [0.29, 0.717) is 5.95 Å². The van der Waals surface area contributed by atoms with Crippen LogP contribution in [0.25, 0.3) is 22.1 Å². The average Bonchev–Trinajstić information content (AvgIpc) is 3.09. The topological polar surface area (TPSA) is 76.2 Å². The largest absolute Gasteiger partial charge is 0.497 e. The van der Waals surface area contributed by atoms with Crippen LogP contribution >= 0.6 is 0 Å². The van der Waals surface area contributed by atoms with Crippen molar-refractivity contribution in [3.63, 3.8) is 0 Å². The van der Waals surface area contributed by atoms with Gasteiger partial charge in [0.2, 0.25) is 5.95 Å². The molecule has 0 saturated carbocycles. The maximum absolute atomic E-state index is 5.33. The zero-order valence-electron chi connectivity index (χ0n) is 15.6. The van der Waals surface area contributed by atoms with Crippen LogP contribution in [0.15, 0.2) is 42.5 Å². The minimum Gasteiger partial charge on any atom is -0.497 e. The zero-order valence-corrected chi connectivity index (χ0v) is 15.6. The van der Waals surface area contributed by atoms with Crippen LogP contribution in [-0.2, 0) is 6.42 Å². The third kappa shape index (κ3) is 3.36. The lowest BCUT2D eigenvalue weighted by molar-refractivity contribution is 0.393. The van der Waals surface area contributed by atoms with Gasteiger partial charge in [-0.2, -0.15) is 4.98 Å². The minimum absolute atomic E-state index is 0.587. The van der Waals surface area contributed by atoms with Crippen LogP contribution in [0.2, 0.25) is 0 Å². The number of aromatic nitrogens is 4. The summed E-state index contributed by atoms with van der Waals surface area (Å²) in [6, 6.07) is 13.9. The Kier molecular flexibility index (Phi) is 4.50. The molecule has 7 heteroatoms. The summed E-state index contributed by atoms with van der Waals surface area (Å²) >= 11 is 0. The number of hydrogen-bond donors (Lipinski definition) is 1. The van der Waals surface area contributed by atoms with Crippen molar-refractivity contribution in [1.82, 2.24) is 20.2 Å². The number of likely N-dealkylation sites (N-methyl/N-ethyl adjacent to an activating group) is 1. The van der Waals surface area contributed by atoms with E-state index in [1.54, 1.807) is 14.2 Å². The Balaban J connectivity index is 1.54. The van der Waals surface area contributed by atoms with Crippen molar-refractivity contribution < 1.29 is 9.47 Å². The third-order valence-corrected chi connectivity index (χ3v) is 4.60. The molecule has 0 unspecified atom stereocenters. The van der Waals surface area contributed by atoms with Gasteiger partial charge in [-0.25, -0.2) is 0 Å². The normalized spacial score (nSPS) is 11.1. The minimum atomic E-state index is 0.587. The van der Waals surface area contributed by atoms with Crippen molar-refractivity contribution >= 4 is 28.0 Å². The summed E-state index contributed by atoms with van der Waals surface area (Å²) < 4.78 is 10.7. The van der Waals surface area contributed by atoms with Gasteiger partial charge in [-0.15, -0.1) is 10.2 Å². The van der Waals surface area contributed by atoms with Crippen LogP contribution in [0.4, 0.5) is 5.95 Å². The summed E-state index contributed by atoms with van der Waals surface area (Å²) in [5.74, 6) is 2.15. The molecule has 2 heterocycles. The summed E-state index contributed by atoms with van der Waals surface area (Å²) in [6.45, 7) is 0.740. The molecule has 1 N–H and O–H groups in total. The van der Waals surface area contributed by atoms with Gasteiger partial charge in [0.1, 0.15) is 17.0 Å². The molecule has 0 saturated heterocycles. The number of ether oxygens (including phenoxy) is 2. The molecule has 0 aliphatic carbocycles. The van der Waals surface area contributed by atoms with Gasteiger partial charge >= 0.3 is 0 Å². The van der Waals surface area contributed by atoms with E-state index in [1.165, 1.54) is 0 Å². The van der Waals surface area contributed by atoms with Gasteiger partial charge in [-0.3, -0.25) is 0 Å². The molecule has 0 aliphatic heterocycles. The number of methoxy groups -OCH3 is 2. The number of para-hydroxylation sites is 1. The molecule has 0 radical (unpaired) electrons. The van der Waals surface area contributed by atoms with E-state index in [0.717, 1.165) is 52.1 Å². The lowest BCUT2D eigenvalue weighted by Gasteiger charge is -2.16. The van der Waals surface area contributed by atoms with E-state index in [1.807, 2.05) is 54.4 Å². The van der Waals surface area contributed by atoms with Gasteiger partial charge in [0, 0.05) is 30.6 Å². The first-order chi connectivity index (χ1) is 13.2. The monoisotopic (exact) mass is 363 g/mol. The highest BCUT2D eigenvalue weighted by Crippen LogP contribution is 2.24. The summed E-state index contributed by atoms with van der Waals surface area (Å²) in [5.41, 5.74) is 3.67. The van der Waals surface area contributed by atoms with E-state index in [-0.39, 0.29) is 0 Å². The molecule has 0 fully saturated rings. The fourth-order valence-corrected chi connectivity index (χ4v) is 3.08. The van der Waals surface area contributed by atoms with Crippen LogP contribution < -0.4 is 14.4 Å². The number of rotatable bonds is 6. The Morgan fingerprint density at radius 2 is 1.74 bits per heavy atom. The smallest absolute Gasteiger partial charge is 0.247 e. The molecule has 0 amide bonds. The van der Waals surface area contributed by atoms with Gasteiger partial charge in [0.25, 0.3) is 0 Å². The maximum Gasteiger partial charge on any atom is 0.247 e. The predicted molar refractivity (Wildman–Crippen MR) is 106 cm³/mol. The third-order valence-electron chi connectivity index (χ3n) is 4.60. The Hall–Kier alpha value is -3.35. The number of H-pyrrole nitrogens is 1. The fourth-order valence-electron chi connectivity index (χ4n) is 3.08. The lowest BCUT2D eigenvalue weighted by Crippen LogP contribution is -2.23. The van der Waals surface area contributed by atoms with Crippen molar-refractivity contribution in [1.29, 1.82) is 0 Å². The van der Waals surface area contributed by atoms with E-state index in [9.17, 15) is 0 Å². The second kappa shape index (κ2) is 7.11. The van der Waals surface area contributed by atoms with Gasteiger partial charge in [0.15, 0.2) is 5.65 Å². The molecule has 2 aromatic carbocycles. The first-order valence-corrected chi connectivity index (χ1v) is 8.72. The molecular weight excluding hydrogens is 342 g/mol. The van der Waals surface area contributed by atoms with Crippen LogP contribution in [0, 0.1) is 0 Å². The number of nitrogens with one attached hydrogen (secondary N) is 1. The molecule has 2 aromatic heterocycles. The van der Waals surface area contributed by atoms with Crippen LogP contribution in [0.1, 0.15) is 5.56 Å². The predicted octanol–water partition coefficient (Wildman–Crippen LogP) is 3.20. The van der Waals surface area contributed by atoms with Crippen LogP contribution in [0.5, 0.6) is 11.5 Å². The van der Waals surface area contributed by atoms with E-state index < -0.39 is 0 Å². The van der Waals surface area contributed by atoms with E-state index in [2.05, 4.69) is 20.2 Å². The zero-order chi connectivity index (χ0) is 18.8. The van der Waals surface area contributed by atoms with E-state index >= 15 is 0 Å². The number of hydrogen-bond acceptors (Lipinski definition) is 6. The van der Waals surface area contributed by atoms with Crippen molar-refractivity contribution in [2.24, 2.45) is 0 Å². The highest BCUT2D eigenvalue weighted by Gasteiger charge is 2.12. The Morgan fingerprint density at radius 1 is 1.00 bits per heavy atom. The number of anilines is 1. The van der Waals surface area contributed by atoms with Crippen molar-refractivity contribution in [2.45, 2.75) is 6.42 Å². The Labute approximate surface area is 157 Å². The molecule has 0 atom stereocenters. The highest BCUT2D eigenvalue weighted by molar-refractivity contribution is 6.03. The van der Waals surface area contributed by atoms with Gasteiger partial charge in [0.05, 0.1) is 14.2 Å². The molecule has 0 bridgehead atoms. The second-order valence-corrected chi connectivity index (χ2v) is 6.37. The van der Waals surface area contributed by atoms with Crippen molar-refractivity contribution in [3.05, 3.63) is 48.0 Å². The first-order valence-electron chi connectivity index (χ1n) is 8.72. The van der Waals surface area contributed by atoms with Gasteiger partial charge < -0.3 is 19.4 Å². The SMILES string of the molecule is COc1cc(CCN(C)c2nnc3c(n2)[nH]c2ccccc23)cc(OC)c1. The molecule has 4 rings (SSSR count). The first kappa shape index (κ1) is 17.1. The number of aromatic amines is 1. The summed E-state index contributed by atoms with van der Waals surface area (Å²) in [6.07, 6.45) is 0.804. The standard InChI is InChI=1S/C20H21N5O2/c1-25(9-8-13-10-14(26-2)12-15(11-13)27-3)20-22-19-18(23-24-20)16-6-4-5-7-17(16)21-19/h4-7,10-12H,8-9H2,1-3H3,(H,21,22,24). The molecule has 0 spiro atoms. The molecule has 138 valence electrons. The number of benzene rings is 2. The maximum atomic E-state index is 5.33. The van der Waals surface area contributed by atoms with Crippen molar-refractivity contribution in [2.75, 3.05) is 32.7 Å². The second-order valence-electron chi connectivity index (χ2n) is 6.37. The van der Waals surface area contributed by atoms with Crippen molar-refractivity contribution in [3.8, 4) is 11.5 Å². The quantitative estimate of drug-likeness (QED) is 0.567. The Bertz CT molecular complexity index is 1070. The summed E-state index contributed by atoms with van der Waals surface area (Å²) in [7, 11) is 5.27. The van der Waals surface area contributed by atoms with Crippen LogP contribution in [0.3, 0.4) is 0 Å². The van der Waals surface area contributed by atoms with Gasteiger partial charge in [-0.05, 0) is 30.2 Å². The van der Waals surface area contributed by atoms with E-state index in [4.69, 9.17) is 9.47 Å². The molecule has 0 aliphatic rings. The summed E-state index contributed by atoms with van der Waals surface area (Å²) in [4.78, 5) is 9.93. The number of nitrogens with zero attached hydrogens (tertiary/aromatic N) is 4. The van der Waals surface area contributed by atoms with Crippen LogP contribution in [-0.4, -0.2) is 48.0 Å². The number of fused-ring (bicyclic) bond motifs is 3. The average molecular weight is 363 g/mol. The fraction of sp³-hybridized carbons (Fsp3) is 0.250. The Morgan fingerprint density at radius 3 is 2.48 bits per heavy atom. The molecule has 27 heavy (non-hydrogen) atoms.